The van der Waals surface area contributed by atoms with Crippen LogP contribution in [0.5, 0.6) is 0 Å². The molecule has 2 aromatic carbocycles. The van der Waals surface area contributed by atoms with Gasteiger partial charge in [-0.3, -0.25) is 4.79 Å². The quantitative estimate of drug-likeness (QED) is 0.678. The molecule has 3 rings (SSSR count). The highest BCUT2D eigenvalue weighted by molar-refractivity contribution is 5.93. The summed E-state index contributed by atoms with van der Waals surface area (Å²) in [6.07, 6.45) is 3.14. The van der Waals surface area contributed by atoms with Crippen LogP contribution >= 0.6 is 0 Å². The number of nitrogens with one attached hydrogen (secondary N) is 1. The number of carbonyl (C=O) groups excluding carboxylic acids is 1. The molecule has 0 aliphatic heterocycles. The summed E-state index contributed by atoms with van der Waals surface area (Å²) in [7, 11) is 4.00. The van der Waals surface area contributed by atoms with Gasteiger partial charge >= 0.3 is 0 Å². The van der Waals surface area contributed by atoms with Gasteiger partial charge in [-0.25, -0.2) is 9.97 Å². The molecule has 6 heteroatoms. The van der Waals surface area contributed by atoms with E-state index in [1.54, 1.807) is 17.3 Å². The fourth-order valence-electron chi connectivity index (χ4n) is 2.79. The molecule has 0 spiro atoms. The molecule has 1 heterocycles. The van der Waals surface area contributed by atoms with E-state index in [1.807, 2.05) is 80.5 Å². The van der Waals surface area contributed by atoms with Gasteiger partial charge in [-0.05, 0) is 36.8 Å². The van der Waals surface area contributed by atoms with E-state index in [0.29, 0.717) is 24.6 Å². The predicted octanol–water partition coefficient (Wildman–Crippen LogP) is 3.95. The Labute approximate surface area is 165 Å². The number of rotatable bonds is 7. The van der Waals surface area contributed by atoms with Gasteiger partial charge in [0.25, 0.3) is 5.91 Å². The van der Waals surface area contributed by atoms with Gasteiger partial charge in [-0.15, -0.1) is 0 Å². The van der Waals surface area contributed by atoms with Crippen molar-refractivity contribution in [1.82, 2.24) is 14.9 Å². The zero-order chi connectivity index (χ0) is 19.9. The van der Waals surface area contributed by atoms with Gasteiger partial charge in [0, 0.05) is 51.0 Å². The van der Waals surface area contributed by atoms with Crippen molar-refractivity contribution in [2.75, 3.05) is 30.9 Å². The first-order valence-electron chi connectivity index (χ1n) is 9.26. The van der Waals surface area contributed by atoms with Crippen molar-refractivity contribution in [3.05, 3.63) is 78.1 Å². The fourth-order valence-corrected chi connectivity index (χ4v) is 2.79. The molecule has 0 atom stereocenters. The van der Waals surface area contributed by atoms with Crippen LogP contribution in [0.4, 0.5) is 17.3 Å². The molecule has 6 nitrogen and oxygen atoms in total. The first kappa shape index (κ1) is 19.4. The Bertz CT molecular complexity index is 892. The third-order valence-electron chi connectivity index (χ3n) is 4.42. The lowest BCUT2D eigenvalue weighted by molar-refractivity contribution is 0.0752. The van der Waals surface area contributed by atoms with E-state index in [1.165, 1.54) is 0 Å². The van der Waals surface area contributed by atoms with Crippen molar-refractivity contribution in [2.24, 2.45) is 0 Å². The summed E-state index contributed by atoms with van der Waals surface area (Å²) in [5.41, 5.74) is 3.58. The van der Waals surface area contributed by atoms with Crippen LogP contribution < -0.4 is 10.2 Å². The molecule has 1 amide bonds. The Hall–Kier alpha value is -3.41. The molecule has 1 N–H and O–H groups in total. The van der Waals surface area contributed by atoms with E-state index in [9.17, 15) is 4.79 Å². The Morgan fingerprint density at radius 1 is 0.964 bits per heavy atom. The topological polar surface area (TPSA) is 61.4 Å². The normalized spacial score (nSPS) is 10.4. The lowest BCUT2D eigenvalue weighted by Gasteiger charge is -2.21. The maximum atomic E-state index is 12.8. The highest BCUT2D eigenvalue weighted by Crippen LogP contribution is 2.18. The summed E-state index contributed by atoms with van der Waals surface area (Å²) in [5.74, 6) is 0.383. The molecule has 3 aromatic rings. The van der Waals surface area contributed by atoms with E-state index >= 15 is 0 Å². The number of benzene rings is 2. The molecule has 28 heavy (non-hydrogen) atoms. The largest absolute Gasteiger partial charge is 0.378 e. The zero-order valence-corrected chi connectivity index (χ0v) is 16.5. The predicted molar refractivity (Wildman–Crippen MR) is 113 cm³/mol. The van der Waals surface area contributed by atoms with E-state index in [4.69, 9.17) is 0 Å². The van der Waals surface area contributed by atoms with E-state index in [2.05, 4.69) is 15.3 Å². The number of aromatic nitrogens is 2. The van der Waals surface area contributed by atoms with Crippen LogP contribution in [0.25, 0.3) is 0 Å². The average molecular weight is 375 g/mol. The maximum absolute atomic E-state index is 12.8. The first-order valence-corrected chi connectivity index (χ1v) is 9.26. The summed E-state index contributed by atoms with van der Waals surface area (Å²) in [6, 6.07) is 17.9. The van der Waals surface area contributed by atoms with Gasteiger partial charge in [0.1, 0.15) is 0 Å². The van der Waals surface area contributed by atoms with Crippen LogP contribution in [-0.4, -0.2) is 41.4 Å². The van der Waals surface area contributed by atoms with Gasteiger partial charge in [0.2, 0.25) is 5.95 Å². The van der Waals surface area contributed by atoms with E-state index in [-0.39, 0.29) is 5.91 Å². The summed E-state index contributed by atoms with van der Waals surface area (Å²) in [5, 5.41) is 3.15. The highest BCUT2D eigenvalue weighted by Gasteiger charge is 2.15. The minimum Gasteiger partial charge on any atom is -0.378 e. The standard InChI is InChI=1S/C22H25N5O/c1-4-27(16-17-8-6-5-7-9-17)21(28)18-14-23-22(24-15-18)25-19-10-12-20(13-11-19)26(2)3/h5-15H,4,16H2,1-3H3,(H,23,24,25). The van der Waals surface area contributed by atoms with Crippen LogP contribution in [0.15, 0.2) is 67.0 Å². The number of hydrogen-bond donors (Lipinski definition) is 1. The van der Waals surface area contributed by atoms with Gasteiger partial charge in [0.05, 0.1) is 5.56 Å². The van der Waals surface area contributed by atoms with E-state index in [0.717, 1.165) is 16.9 Å². The molecule has 0 fully saturated rings. The number of hydrogen-bond acceptors (Lipinski definition) is 5. The van der Waals surface area contributed by atoms with Crippen molar-refractivity contribution in [3.63, 3.8) is 0 Å². The molecule has 0 saturated carbocycles. The number of amides is 1. The van der Waals surface area contributed by atoms with Crippen LogP contribution in [-0.2, 0) is 6.54 Å². The third-order valence-corrected chi connectivity index (χ3v) is 4.42. The SMILES string of the molecule is CCN(Cc1ccccc1)C(=O)c1cnc(Nc2ccc(N(C)C)cc2)nc1. The molecule has 0 aliphatic rings. The second kappa shape index (κ2) is 8.99. The van der Waals surface area contributed by atoms with Crippen molar-refractivity contribution in [2.45, 2.75) is 13.5 Å². The van der Waals surface area contributed by atoms with Gasteiger partial charge in [-0.2, -0.15) is 0 Å². The number of anilines is 3. The van der Waals surface area contributed by atoms with Gasteiger partial charge < -0.3 is 15.1 Å². The molecule has 144 valence electrons. The molecule has 0 saturated heterocycles. The number of nitrogens with zero attached hydrogens (tertiary/aromatic N) is 4. The molecule has 1 aromatic heterocycles. The fraction of sp³-hybridized carbons (Fsp3) is 0.227. The lowest BCUT2D eigenvalue weighted by Crippen LogP contribution is -2.30. The van der Waals surface area contributed by atoms with Crippen LogP contribution in [0.2, 0.25) is 0 Å². The van der Waals surface area contributed by atoms with Crippen molar-refractivity contribution >= 4 is 23.2 Å². The van der Waals surface area contributed by atoms with Crippen molar-refractivity contribution in [1.29, 1.82) is 0 Å². The Kier molecular flexibility index (Phi) is 6.22. The highest BCUT2D eigenvalue weighted by atomic mass is 16.2. The lowest BCUT2D eigenvalue weighted by atomic mass is 10.2. The maximum Gasteiger partial charge on any atom is 0.257 e. The van der Waals surface area contributed by atoms with Crippen LogP contribution in [0.3, 0.4) is 0 Å². The zero-order valence-electron chi connectivity index (χ0n) is 16.5. The summed E-state index contributed by atoms with van der Waals surface area (Å²) in [4.78, 5) is 25.2. The monoisotopic (exact) mass is 375 g/mol. The second-order valence-corrected chi connectivity index (χ2v) is 6.67. The minimum absolute atomic E-state index is 0.0757. The van der Waals surface area contributed by atoms with Gasteiger partial charge in [-0.1, -0.05) is 30.3 Å². The summed E-state index contributed by atoms with van der Waals surface area (Å²) in [6.45, 7) is 3.15. The smallest absolute Gasteiger partial charge is 0.257 e. The van der Waals surface area contributed by atoms with Crippen molar-refractivity contribution in [3.8, 4) is 0 Å². The Balaban J connectivity index is 1.66. The van der Waals surface area contributed by atoms with Crippen LogP contribution in [0.1, 0.15) is 22.8 Å². The Morgan fingerprint density at radius 2 is 1.61 bits per heavy atom. The van der Waals surface area contributed by atoms with Crippen molar-refractivity contribution < 1.29 is 4.79 Å². The first-order chi connectivity index (χ1) is 13.6. The molecule has 0 aliphatic carbocycles. The molecular formula is C22H25N5O. The summed E-state index contributed by atoms with van der Waals surface area (Å²) < 4.78 is 0. The number of carbonyl (C=O) groups is 1. The second-order valence-electron chi connectivity index (χ2n) is 6.67. The van der Waals surface area contributed by atoms with Crippen LogP contribution in [0, 0.1) is 0 Å². The molecular weight excluding hydrogens is 350 g/mol. The Morgan fingerprint density at radius 3 is 2.18 bits per heavy atom. The average Bonchev–Trinajstić information content (AvgIpc) is 2.73. The third kappa shape index (κ3) is 4.85. The molecule has 0 radical (unpaired) electrons. The van der Waals surface area contributed by atoms with E-state index < -0.39 is 0 Å². The molecule has 0 unspecified atom stereocenters. The molecule has 0 bridgehead atoms. The minimum atomic E-state index is -0.0757. The van der Waals surface area contributed by atoms with Gasteiger partial charge in [0.15, 0.2) is 0 Å². The summed E-state index contributed by atoms with van der Waals surface area (Å²) >= 11 is 0.